The number of nitrogens with one attached hydrogen (secondary N) is 2. The molecular weight excluding hydrogens is 246 g/mol. The third kappa shape index (κ3) is 2.13. The number of fused-ring (bicyclic) bond motifs is 1. The van der Waals surface area contributed by atoms with Crippen molar-refractivity contribution in [3.63, 3.8) is 0 Å². The van der Waals surface area contributed by atoms with Gasteiger partial charge in [-0.3, -0.25) is 9.79 Å². The summed E-state index contributed by atoms with van der Waals surface area (Å²) in [5, 5.41) is 25.6. The maximum Gasteiger partial charge on any atom is 0.251 e. The lowest BCUT2D eigenvalue weighted by atomic mass is 9.98. The summed E-state index contributed by atoms with van der Waals surface area (Å²) in [6, 6.07) is -0.543. The van der Waals surface area contributed by atoms with E-state index in [1.54, 1.807) is 7.05 Å². The fraction of sp³-hybridized carbons (Fsp3) is 0.778. The molecule has 0 aromatic rings. The van der Waals surface area contributed by atoms with Gasteiger partial charge in [-0.2, -0.15) is 0 Å². The minimum absolute atomic E-state index is 0.446. The summed E-state index contributed by atoms with van der Waals surface area (Å²) in [7, 11) is 3.16. The Labute approximate surface area is 103 Å². The van der Waals surface area contributed by atoms with Crippen molar-refractivity contribution in [1.82, 2.24) is 10.6 Å². The monoisotopic (exact) mass is 261 g/mol. The van der Waals surface area contributed by atoms with Crippen LogP contribution in [0.3, 0.4) is 0 Å². The number of ether oxygens (including phenoxy) is 1. The van der Waals surface area contributed by atoms with Gasteiger partial charge in [-0.05, 0) is 0 Å². The van der Waals surface area contributed by atoms with Crippen LogP contribution in [-0.2, 0) is 9.53 Å². The van der Waals surface area contributed by atoms with Gasteiger partial charge in [0.2, 0.25) is 0 Å². The van der Waals surface area contributed by atoms with E-state index in [-0.39, 0.29) is 0 Å². The summed E-state index contributed by atoms with van der Waals surface area (Å²) in [5.74, 6) is -0.450. The van der Waals surface area contributed by atoms with E-state index in [2.05, 4.69) is 15.6 Å². The SMILES string of the molecule is CNC(=O)[C@H]1O[C@@H]2SC(NC)=N[C@@H]2[C@@H](O)[C@@H]1O. The second kappa shape index (κ2) is 4.81. The predicted molar refractivity (Wildman–Crippen MR) is 62.6 cm³/mol. The molecular formula is C9H15N3O4S. The average molecular weight is 261 g/mol. The fourth-order valence-electron chi connectivity index (χ4n) is 1.84. The summed E-state index contributed by atoms with van der Waals surface area (Å²) in [5.41, 5.74) is -0.446. The number of aliphatic imine (C=N–C) groups is 1. The van der Waals surface area contributed by atoms with Crippen LogP contribution >= 0.6 is 11.8 Å². The van der Waals surface area contributed by atoms with E-state index in [0.717, 1.165) is 0 Å². The minimum Gasteiger partial charge on any atom is -0.388 e. The molecule has 17 heavy (non-hydrogen) atoms. The van der Waals surface area contributed by atoms with Crippen LogP contribution in [0.15, 0.2) is 4.99 Å². The van der Waals surface area contributed by atoms with Gasteiger partial charge in [0, 0.05) is 14.1 Å². The van der Waals surface area contributed by atoms with Crippen molar-refractivity contribution < 1.29 is 19.7 Å². The van der Waals surface area contributed by atoms with Gasteiger partial charge in [0.05, 0.1) is 0 Å². The first-order chi connectivity index (χ1) is 8.08. The maximum atomic E-state index is 11.5. The highest BCUT2D eigenvalue weighted by atomic mass is 32.2. The van der Waals surface area contributed by atoms with Gasteiger partial charge in [-0.1, -0.05) is 11.8 Å². The van der Waals surface area contributed by atoms with E-state index in [1.165, 1.54) is 18.8 Å². The highest BCUT2D eigenvalue weighted by Crippen LogP contribution is 2.35. The van der Waals surface area contributed by atoms with Gasteiger partial charge in [-0.15, -0.1) is 0 Å². The molecule has 1 fully saturated rings. The largest absolute Gasteiger partial charge is 0.388 e. The van der Waals surface area contributed by atoms with Gasteiger partial charge < -0.3 is 25.6 Å². The highest BCUT2D eigenvalue weighted by Gasteiger charge is 2.50. The van der Waals surface area contributed by atoms with Crippen LogP contribution in [-0.4, -0.2) is 65.2 Å². The Balaban J connectivity index is 2.15. The third-order valence-electron chi connectivity index (χ3n) is 2.78. The van der Waals surface area contributed by atoms with Gasteiger partial charge in [0.1, 0.15) is 23.7 Å². The smallest absolute Gasteiger partial charge is 0.251 e. The Morgan fingerprint density at radius 1 is 1.41 bits per heavy atom. The van der Waals surface area contributed by atoms with Crippen LogP contribution in [0.25, 0.3) is 0 Å². The number of carbonyl (C=O) groups excluding carboxylic acids is 1. The molecule has 0 saturated carbocycles. The van der Waals surface area contributed by atoms with E-state index in [0.29, 0.717) is 5.17 Å². The van der Waals surface area contributed by atoms with Crippen molar-refractivity contribution in [3.8, 4) is 0 Å². The molecule has 2 heterocycles. The number of carbonyl (C=O) groups is 1. The van der Waals surface area contributed by atoms with Gasteiger partial charge in [0.25, 0.3) is 5.91 Å². The number of thioether (sulfide) groups is 1. The first-order valence-corrected chi connectivity index (χ1v) is 6.12. The molecule has 0 aromatic heterocycles. The van der Waals surface area contributed by atoms with Gasteiger partial charge >= 0.3 is 0 Å². The van der Waals surface area contributed by atoms with Crippen molar-refractivity contribution in [2.45, 2.75) is 29.8 Å². The van der Waals surface area contributed by atoms with Crippen molar-refractivity contribution in [1.29, 1.82) is 0 Å². The molecule has 2 aliphatic heterocycles. The van der Waals surface area contributed by atoms with Gasteiger partial charge in [-0.25, -0.2) is 0 Å². The Kier molecular flexibility index (Phi) is 3.57. The normalized spacial score (nSPS) is 40.5. The summed E-state index contributed by atoms with van der Waals surface area (Å²) in [6.07, 6.45) is -3.43. The molecule has 4 N–H and O–H groups in total. The number of hydrogen-bond acceptors (Lipinski definition) is 7. The predicted octanol–water partition coefficient (Wildman–Crippen LogP) is -2.13. The number of amides is 1. The lowest BCUT2D eigenvalue weighted by Crippen LogP contribution is -2.59. The van der Waals surface area contributed by atoms with Crippen molar-refractivity contribution in [2.24, 2.45) is 4.99 Å². The lowest BCUT2D eigenvalue weighted by Gasteiger charge is -2.37. The zero-order valence-corrected chi connectivity index (χ0v) is 10.3. The average Bonchev–Trinajstić information content (AvgIpc) is 2.76. The number of hydrogen-bond donors (Lipinski definition) is 4. The van der Waals surface area contributed by atoms with E-state index >= 15 is 0 Å². The third-order valence-corrected chi connectivity index (χ3v) is 3.94. The summed E-state index contributed by atoms with van der Waals surface area (Å²) in [6.45, 7) is 0. The molecule has 5 atom stereocenters. The van der Waals surface area contributed by atoms with Crippen LogP contribution in [0, 0.1) is 0 Å². The molecule has 0 aromatic carbocycles. The highest BCUT2D eigenvalue weighted by molar-refractivity contribution is 8.14. The standard InChI is InChI=1S/C9H15N3O4S/c1-10-7(15)6-5(14)4(13)3-8(16-6)17-9(11-2)12-3/h3-6,8,13-14H,1-2H3,(H,10,15)(H,11,12)/t3-,4-,5+,6+,8-/m1/s1. The number of nitrogens with zero attached hydrogens (tertiary/aromatic N) is 1. The second-order valence-corrected chi connectivity index (χ2v) is 4.90. The van der Waals surface area contributed by atoms with Crippen LogP contribution in [0.4, 0.5) is 0 Å². The van der Waals surface area contributed by atoms with E-state index in [9.17, 15) is 15.0 Å². The molecule has 0 bridgehead atoms. The van der Waals surface area contributed by atoms with Crippen molar-refractivity contribution in [2.75, 3.05) is 14.1 Å². The topological polar surface area (TPSA) is 103 Å². The number of amidine groups is 1. The number of rotatable bonds is 1. The molecule has 0 unspecified atom stereocenters. The Morgan fingerprint density at radius 2 is 2.12 bits per heavy atom. The first-order valence-electron chi connectivity index (χ1n) is 5.24. The zero-order chi connectivity index (χ0) is 12.6. The summed E-state index contributed by atoms with van der Waals surface area (Å²) in [4.78, 5) is 15.7. The van der Waals surface area contributed by atoms with E-state index in [1.807, 2.05) is 0 Å². The quantitative estimate of drug-likeness (QED) is 0.430. The minimum atomic E-state index is -1.27. The second-order valence-electron chi connectivity index (χ2n) is 3.81. The molecule has 0 aliphatic carbocycles. The molecule has 2 rings (SSSR count). The van der Waals surface area contributed by atoms with Crippen LogP contribution < -0.4 is 10.6 Å². The van der Waals surface area contributed by atoms with Crippen molar-refractivity contribution in [3.05, 3.63) is 0 Å². The molecule has 0 spiro atoms. The first kappa shape index (κ1) is 12.6. The maximum absolute atomic E-state index is 11.5. The van der Waals surface area contributed by atoms with Gasteiger partial charge in [0.15, 0.2) is 11.3 Å². The van der Waals surface area contributed by atoms with Crippen molar-refractivity contribution >= 4 is 22.8 Å². The van der Waals surface area contributed by atoms with Crippen LogP contribution in [0.1, 0.15) is 0 Å². The molecule has 2 aliphatic rings. The molecule has 96 valence electrons. The molecule has 8 heteroatoms. The number of aliphatic hydroxyl groups excluding tert-OH is 2. The van der Waals surface area contributed by atoms with E-state index < -0.39 is 35.7 Å². The Morgan fingerprint density at radius 3 is 2.71 bits per heavy atom. The molecule has 1 amide bonds. The number of likely N-dealkylation sites (N-methyl/N-ethyl adjacent to an activating group) is 1. The fourth-order valence-corrected chi connectivity index (χ4v) is 2.90. The van der Waals surface area contributed by atoms with E-state index in [4.69, 9.17) is 4.74 Å². The lowest BCUT2D eigenvalue weighted by molar-refractivity contribution is -0.170. The summed E-state index contributed by atoms with van der Waals surface area (Å²) < 4.78 is 5.46. The number of aliphatic hydroxyl groups is 2. The van der Waals surface area contributed by atoms with Crippen LogP contribution in [0.5, 0.6) is 0 Å². The molecule has 1 saturated heterocycles. The summed E-state index contributed by atoms with van der Waals surface area (Å²) >= 11 is 1.30. The Hall–Kier alpha value is -0.830. The zero-order valence-electron chi connectivity index (χ0n) is 9.45. The van der Waals surface area contributed by atoms with Crippen LogP contribution in [0.2, 0.25) is 0 Å². The molecule has 7 nitrogen and oxygen atoms in total. The molecule has 0 radical (unpaired) electrons. The Bertz CT molecular complexity index is 351.